The zero-order valence-electron chi connectivity index (χ0n) is 17.1. The molecule has 0 aliphatic carbocycles. The van der Waals surface area contributed by atoms with Crippen LogP contribution in [-0.2, 0) is 6.54 Å². The van der Waals surface area contributed by atoms with Crippen LogP contribution < -0.4 is 0 Å². The number of rotatable bonds is 19. The highest BCUT2D eigenvalue weighted by Gasteiger charge is 1.95. The van der Waals surface area contributed by atoms with Gasteiger partial charge in [0.05, 0.1) is 6.33 Å². The molecule has 0 saturated carbocycles. The van der Waals surface area contributed by atoms with Crippen LogP contribution in [0.25, 0.3) is 0 Å². The van der Waals surface area contributed by atoms with Gasteiger partial charge in [-0.2, -0.15) is 0 Å². The van der Waals surface area contributed by atoms with Gasteiger partial charge in [-0.15, -0.1) is 0 Å². The molecule has 0 aromatic carbocycles. The number of nitrogens with zero attached hydrogens (tertiary/aromatic N) is 2. The first-order valence-corrected chi connectivity index (χ1v) is 11.4. The monoisotopic (exact) mass is 348 g/mol. The number of unbranched alkanes of at least 4 members (excludes halogenated alkanes) is 17. The molecule has 0 saturated heterocycles. The number of imidazole rings is 1. The molecule has 25 heavy (non-hydrogen) atoms. The van der Waals surface area contributed by atoms with Crippen LogP contribution in [0.2, 0.25) is 0 Å². The first-order chi connectivity index (χ1) is 12.4. The van der Waals surface area contributed by atoms with Gasteiger partial charge in [0.2, 0.25) is 0 Å². The summed E-state index contributed by atoms with van der Waals surface area (Å²) < 4.78 is 2.19. The molecule has 1 heterocycles. The van der Waals surface area contributed by atoms with Crippen LogP contribution in [-0.4, -0.2) is 9.55 Å². The SMILES string of the molecule is CCCCCCCCCCCCCCCCCCCCn1ccnc1. The minimum Gasteiger partial charge on any atom is -0.337 e. The van der Waals surface area contributed by atoms with E-state index in [2.05, 4.69) is 22.7 Å². The molecule has 0 amide bonds. The van der Waals surface area contributed by atoms with Crippen molar-refractivity contribution in [2.75, 3.05) is 0 Å². The Hall–Kier alpha value is -0.790. The van der Waals surface area contributed by atoms with E-state index < -0.39 is 0 Å². The smallest absolute Gasteiger partial charge is 0.0945 e. The van der Waals surface area contributed by atoms with Crippen molar-refractivity contribution in [1.29, 1.82) is 0 Å². The molecule has 1 aromatic rings. The molecule has 1 aromatic heterocycles. The van der Waals surface area contributed by atoms with Crippen LogP contribution in [0.15, 0.2) is 18.7 Å². The fourth-order valence-electron chi connectivity index (χ4n) is 3.62. The van der Waals surface area contributed by atoms with Crippen LogP contribution >= 0.6 is 0 Å². The lowest BCUT2D eigenvalue weighted by Gasteiger charge is -2.04. The maximum atomic E-state index is 4.08. The largest absolute Gasteiger partial charge is 0.337 e. The summed E-state index contributed by atoms with van der Waals surface area (Å²) >= 11 is 0. The molecule has 146 valence electrons. The first-order valence-electron chi connectivity index (χ1n) is 11.4. The Bertz CT molecular complexity index is 345. The van der Waals surface area contributed by atoms with Crippen molar-refractivity contribution in [3.63, 3.8) is 0 Å². The molecular weight excluding hydrogens is 304 g/mol. The summed E-state index contributed by atoms with van der Waals surface area (Å²) in [5, 5.41) is 0. The second-order valence-electron chi connectivity index (χ2n) is 7.81. The normalized spacial score (nSPS) is 11.2. The van der Waals surface area contributed by atoms with Crippen LogP contribution in [0.4, 0.5) is 0 Å². The van der Waals surface area contributed by atoms with Gasteiger partial charge in [0.25, 0.3) is 0 Å². The Labute approximate surface area is 157 Å². The van der Waals surface area contributed by atoms with Crippen molar-refractivity contribution in [3.05, 3.63) is 18.7 Å². The minimum absolute atomic E-state index is 1.14. The van der Waals surface area contributed by atoms with Crippen LogP contribution in [0.3, 0.4) is 0 Å². The molecule has 2 heteroatoms. The predicted molar refractivity (Wildman–Crippen MR) is 111 cm³/mol. The van der Waals surface area contributed by atoms with Gasteiger partial charge >= 0.3 is 0 Å². The van der Waals surface area contributed by atoms with Crippen LogP contribution in [0, 0.1) is 0 Å². The molecule has 0 bridgehead atoms. The third-order valence-corrected chi connectivity index (χ3v) is 5.33. The van der Waals surface area contributed by atoms with Gasteiger partial charge in [-0.05, 0) is 6.42 Å². The van der Waals surface area contributed by atoms with Crippen molar-refractivity contribution in [2.45, 2.75) is 129 Å². The molecule has 0 unspecified atom stereocenters. The molecule has 0 fully saturated rings. The summed E-state index contributed by atoms with van der Waals surface area (Å²) in [6, 6.07) is 0. The van der Waals surface area contributed by atoms with Crippen LogP contribution in [0.1, 0.15) is 122 Å². The van der Waals surface area contributed by atoms with E-state index in [0.717, 1.165) is 6.54 Å². The fraction of sp³-hybridized carbons (Fsp3) is 0.870. The summed E-state index contributed by atoms with van der Waals surface area (Å²) in [6.45, 7) is 3.43. The molecule has 0 aliphatic heterocycles. The minimum atomic E-state index is 1.14. The van der Waals surface area contributed by atoms with Gasteiger partial charge in [0.15, 0.2) is 0 Å². The van der Waals surface area contributed by atoms with E-state index in [4.69, 9.17) is 0 Å². The molecule has 0 radical (unpaired) electrons. The van der Waals surface area contributed by atoms with E-state index in [-0.39, 0.29) is 0 Å². The Kier molecular flexibility index (Phi) is 16.0. The van der Waals surface area contributed by atoms with Gasteiger partial charge in [-0.3, -0.25) is 0 Å². The molecule has 0 atom stereocenters. The van der Waals surface area contributed by atoms with Crippen LogP contribution in [0.5, 0.6) is 0 Å². The predicted octanol–water partition coefficient (Wildman–Crippen LogP) is 7.92. The molecule has 0 N–H and O–H groups in total. The van der Waals surface area contributed by atoms with Gasteiger partial charge < -0.3 is 4.57 Å². The van der Waals surface area contributed by atoms with Crippen molar-refractivity contribution >= 4 is 0 Å². The van der Waals surface area contributed by atoms with Crippen molar-refractivity contribution in [1.82, 2.24) is 9.55 Å². The summed E-state index contributed by atoms with van der Waals surface area (Å²) in [4.78, 5) is 4.08. The lowest BCUT2D eigenvalue weighted by molar-refractivity contribution is 0.518. The third-order valence-electron chi connectivity index (χ3n) is 5.33. The number of hydrogen-bond donors (Lipinski definition) is 0. The van der Waals surface area contributed by atoms with E-state index in [1.165, 1.54) is 116 Å². The van der Waals surface area contributed by atoms with Crippen molar-refractivity contribution < 1.29 is 0 Å². The average Bonchev–Trinajstić information content (AvgIpc) is 3.14. The molecule has 0 spiro atoms. The molecule has 0 aliphatic rings. The van der Waals surface area contributed by atoms with Gasteiger partial charge in [-0.25, -0.2) is 4.98 Å². The van der Waals surface area contributed by atoms with E-state index in [1.54, 1.807) is 0 Å². The lowest BCUT2D eigenvalue weighted by atomic mass is 10.0. The fourth-order valence-corrected chi connectivity index (χ4v) is 3.62. The Balaban J connectivity index is 1.65. The standard InChI is InChI=1S/C23H44N2/c1-2-3-4-5-6-7-8-9-10-11-12-13-14-15-16-17-18-19-21-25-22-20-24-23-25/h20,22-23H,2-19,21H2,1H3. The zero-order valence-corrected chi connectivity index (χ0v) is 17.1. The topological polar surface area (TPSA) is 17.8 Å². The number of hydrogen-bond acceptors (Lipinski definition) is 1. The molecular formula is C23H44N2. The summed E-state index contributed by atoms with van der Waals surface area (Å²) in [5.41, 5.74) is 0. The maximum Gasteiger partial charge on any atom is 0.0945 e. The van der Waals surface area contributed by atoms with Crippen molar-refractivity contribution in [3.8, 4) is 0 Å². The maximum absolute atomic E-state index is 4.08. The summed E-state index contributed by atoms with van der Waals surface area (Å²) in [6.07, 6.45) is 31.8. The van der Waals surface area contributed by atoms with Gasteiger partial charge in [-0.1, -0.05) is 116 Å². The summed E-state index contributed by atoms with van der Waals surface area (Å²) in [7, 11) is 0. The van der Waals surface area contributed by atoms with E-state index in [0.29, 0.717) is 0 Å². The first kappa shape index (κ1) is 22.3. The van der Waals surface area contributed by atoms with E-state index >= 15 is 0 Å². The lowest BCUT2D eigenvalue weighted by Crippen LogP contribution is -1.93. The second-order valence-corrected chi connectivity index (χ2v) is 7.81. The Morgan fingerprint density at radius 1 is 0.560 bits per heavy atom. The summed E-state index contributed by atoms with van der Waals surface area (Å²) in [5.74, 6) is 0. The van der Waals surface area contributed by atoms with E-state index in [9.17, 15) is 0 Å². The quantitative estimate of drug-likeness (QED) is 0.232. The average molecular weight is 349 g/mol. The highest BCUT2D eigenvalue weighted by atomic mass is 15.0. The van der Waals surface area contributed by atoms with Crippen molar-refractivity contribution in [2.24, 2.45) is 0 Å². The number of aryl methyl sites for hydroxylation is 1. The Morgan fingerprint density at radius 3 is 1.32 bits per heavy atom. The molecule has 2 nitrogen and oxygen atoms in total. The Morgan fingerprint density at radius 2 is 0.960 bits per heavy atom. The van der Waals surface area contributed by atoms with Gasteiger partial charge in [0.1, 0.15) is 0 Å². The third kappa shape index (κ3) is 15.2. The van der Waals surface area contributed by atoms with Gasteiger partial charge in [0, 0.05) is 18.9 Å². The highest BCUT2D eigenvalue weighted by Crippen LogP contribution is 2.14. The van der Waals surface area contributed by atoms with E-state index in [1.807, 2.05) is 12.5 Å². The second kappa shape index (κ2) is 18.0. The molecule has 1 rings (SSSR count). The number of aromatic nitrogens is 2. The zero-order chi connectivity index (χ0) is 17.8. The highest BCUT2D eigenvalue weighted by molar-refractivity contribution is 4.73.